The summed E-state index contributed by atoms with van der Waals surface area (Å²) in [5, 5.41) is 14.3. The summed E-state index contributed by atoms with van der Waals surface area (Å²) < 4.78 is 22.2. The summed E-state index contributed by atoms with van der Waals surface area (Å²) in [6, 6.07) is 0. The van der Waals surface area contributed by atoms with E-state index in [1.807, 2.05) is 13.8 Å². The van der Waals surface area contributed by atoms with Gasteiger partial charge in [0.2, 0.25) is 0 Å². The van der Waals surface area contributed by atoms with Crippen LogP contribution in [0.15, 0.2) is 11.6 Å². The number of nitrogens with one attached hydrogen (secondary N) is 1. The summed E-state index contributed by atoms with van der Waals surface area (Å²) in [6.45, 7) is 8.76. The normalized spacial score (nSPS) is 24.0. The van der Waals surface area contributed by atoms with Crippen LogP contribution in [0.4, 0.5) is 4.39 Å². The number of hydrogen-bond donors (Lipinski definition) is 2. The first-order valence-electron chi connectivity index (χ1n) is 12.0. The molecule has 0 radical (unpaired) electrons. The van der Waals surface area contributed by atoms with E-state index in [1.54, 1.807) is 0 Å². The van der Waals surface area contributed by atoms with Gasteiger partial charge in [-0.15, -0.1) is 0 Å². The first-order chi connectivity index (χ1) is 14.7. The lowest BCUT2D eigenvalue weighted by Crippen LogP contribution is -2.45. The van der Waals surface area contributed by atoms with Gasteiger partial charge in [-0.2, -0.15) is 0 Å². The molecule has 0 unspecified atom stereocenters. The van der Waals surface area contributed by atoms with Gasteiger partial charge in [0.1, 0.15) is 11.4 Å². The molecule has 1 aromatic carbocycles. The van der Waals surface area contributed by atoms with Crippen LogP contribution in [-0.4, -0.2) is 23.2 Å². The van der Waals surface area contributed by atoms with Gasteiger partial charge in [0.15, 0.2) is 11.6 Å². The van der Waals surface area contributed by atoms with Gasteiger partial charge in [0, 0.05) is 29.5 Å². The third kappa shape index (κ3) is 4.20. The molecule has 1 saturated carbocycles. The van der Waals surface area contributed by atoms with Gasteiger partial charge in [-0.3, -0.25) is 4.79 Å². The monoisotopic (exact) mass is 429 g/mol. The Labute approximate surface area is 185 Å². The number of phenols is 1. The zero-order valence-corrected chi connectivity index (χ0v) is 19.3. The molecule has 0 saturated heterocycles. The van der Waals surface area contributed by atoms with Crippen LogP contribution in [-0.2, 0) is 6.42 Å². The van der Waals surface area contributed by atoms with Crippen molar-refractivity contribution in [3.8, 4) is 11.5 Å². The Morgan fingerprint density at radius 2 is 2.03 bits per heavy atom. The topological polar surface area (TPSA) is 58.6 Å². The number of phenolic OH excluding ortho intramolecular Hbond substituents is 1. The second-order valence-electron chi connectivity index (χ2n) is 10.3. The molecule has 4 nitrogen and oxygen atoms in total. The first kappa shape index (κ1) is 22.2. The molecule has 1 aliphatic heterocycles. The molecular weight excluding hydrogens is 393 g/mol. The van der Waals surface area contributed by atoms with E-state index in [0.717, 1.165) is 44.9 Å². The van der Waals surface area contributed by atoms with Crippen LogP contribution in [0.5, 0.6) is 11.5 Å². The van der Waals surface area contributed by atoms with Crippen molar-refractivity contribution in [2.24, 2.45) is 11.8 Å². The third-order valence-electron chi connectivity index (χ3n) is 7.35. The summed E-state index contributed by atoms with van der Waals surface area (Å²) in [6.07, 6.45) is 9.38. The second kappa shape index (κ2) is 8.48. The number of aromatic hydroxyl groups is 1. The highest BCUT2D eigenvalue weighted by atomic mass is 19.1. The average Bonchev–Trinajstić information content (AvgIpc) is 3.53. The smallest absolute Gasteiger partial charge is 0.255 e. The van der Waals surface area contributed by atoms with Crippen LogP contribution in [0, 0.1) is 17.7 Å². The van der Waals surface area contributed by atoms with Crippen LogP contribution in [0.2, 0.25) is 0 Å². The van der Waals surface area contributed by atoms with E-state index in [-0.39, 0.29) is 34.8 Å². The fourth-order valence-electron chi connectivity index (χ4n) is 5.31. The minimum atomic E-state index is -0.543. The van der Waals surface area contributed by atoms with Gasteiger partial charge in [0.05, 0.1) is 5.56 Å². The number of fused-ring (bicyclic) bond motifs is 3. The van der Waals surface area contributed by atoms with E-state index in [4.69, 9.17) is 4.74 Å². The predicted molar refractivity (Wildman–Crippen MR) is 120 cm³/mol. The molecule has 0 spiro atoms. The minimum Gasteiger partial charge on any atom is -0.507 e. The Kier molecular flexibility index (Phi) is 6.06. The summed E-state index contributed by atoms with van der Waals surface area (Å²) in [5.74, 6) is -0.301. The predicted octanol–water partition coefficient (Wildman–Crippen LogP) is 6.01. The maximum atomic E-state index is 16.0. The molecule has 2 N–H and O–H groups in total. The molecular formula is C26H36FNO3. The minimum absolute atomic E-state index is 0.0901. The summed E-state index contributed by atoms with van der Waals surface area (Å²) in [4.78, 5) is 13.1. The van der Waals surface area contributed by atoms with Crippen LogP contribution < -0.4 is 10.1 Å². The van der Waals surface area contributed by atoms with Crippen molar-refractivity contribution in [1.82, 2.24) is 5.32 Å². The molecule has 2 aliphatic carbocycles. The number of unbranched alkanes of at least 4 members (excludes halogenated alkanes) is 2. The zero-order valence-electron chi connectivity index (χ0n) is 19.3. The summed E-state index contributed by atoms with van der Waals surface area (Å²) >= 11 is 0. The molecule has 2 atom stereocenters. The van der Waals surface area contributed by atoms with Crippen LogP contribution in [0.3, 0.4) is 0 Å². The fraction of sp³-hybridized carbons (Fsp3) is 0.654. The van der Waals surface area contributed by atoms with Crippen LogP contribution in [0.1, 0.15) is 100 Å². The van der Waals surface area contributed by atoms with E-state index in [2.05, 4.69) is 25.2 Å². The van der Waals surface area contributed by atoms with Gasteiger partial charge in [-0.05, 0) is 65.2 Å². The number of rotatable bonds is 7. The van der Waals surface area contributed by atoms with Crippen molar-refractivity contribution in [3.05, 3.63) is 34.2 Å². The van der Waals surface area contributed by atoms with Crippen molar-refractivity contribution in [1.29, 1.82) is 0 Å². The Balaban J connectivity index is 1.84. The highest BCUT2D eigenvalue weighted by Gasteiger charge is 2.47. The molecule has 1 amide bonds. The number of allylic oxidation sites excluding steroid dienone is 2. The number of benzene rings is 1. The largest absolute Gasteiger partial charge is 0.507 e. The lowest BCUT2D eigenvalue weighted by molar-refractivity contribution is 0.00664. The lowest BCUT2D eigenvalue weighted by atomic mass is 9.67. The van der Waals surface area contributed by atoms with Gasteiger partial charge < -0.3 is 15.2 Å². The van der Waals surface area contributed by atoms with Crippen molar-refractivity contribution >= 4 is 5.91 Å². The first-order valence-corrected chi connectivity index (χ1v) is 12.0. The maximum absolute atomic E-state index is 16.0. The fourth-order valence-corrected chi connectivity index (χ4v) is 5.31. The Bertz CT molecular complexity index is 901. The van der Waals surface area contributed by atoms with E-state index in [1.165, 1.54) is 5.57 Å². The van der Waals surface area contributed by atoms with E-state index in [9.17, 15) is 9.90 Å². The van der Waals surface area contributed by atoms with E-state index < -0.39 is 11.4 Å². The number of hydrogen-bond acceptors (Lipinski definition) is 3. The Morgan fingerprint density at radius 3 is 2.71 bits per heavy atom. The number of halogens is 1. The second-order valence-corrected chi connectivity index (χ2v) is 10.3. The third-order valence-corrected chi connectivity index (χ3v) is 7.35. The molecule has 1 heterocycles. The van der Waals surface area contributed by atoms with Gasteiger partial charge >= 0.3 is 0 Å². The molecule has 1 fully saturated rings. The van der Waals surface area contributed by atoms with Crippen LogP contribution >= 0.6 is 0 Å². The Morgan fingerprint density at radius 1 is 1.29 bits per heavy atom. The lowest BCUT2D eigenvalue weighted by Gasteiger charge is -2.46. The average molecular weight is 430 g/mol. The summed E-state index contributed by atoms with van der Waals surface area (Å²) in [7, 11) is 0. The van der Waals surface area contributed by atoms with E-state index >= 15 is 4.39 Å². The van der Waals surface area contributed by atoms with Gasteiger partial charge in [-0.25, -0.2) is 4.39 Å². The Hall–Kier alpha value is -2.04. The van der Waals surface area contributed by atoms with Crippen LogP contribution in [0.25, 0.3) is 0 Å². The quantitative estimate of drug-likeness (QED) is 0.412. The number of carbonyl (C=O) groups excluding carboxylic acids is 1. The number of carbonyl (C=O) groups is 1. The highest BCUT2D eigenvalue weighted by Crippen LogP contribution is 2.55. The van der Waals surface area contributed by atoms with Crippen molar-refractivity contribution in [2.45, 2.75) is 90.6 Å². The van der Waals surface area contributed by atoms with Crippen molar-refractivity contribution in [3.63, 3.8) is 0 Å². The zero-order chi connectivity index (χ0) is 22.3. The molecule has 0 bridgehead atoms. The van der Waals surface area contributed by atoms with Crippen molar-refractivity contribution < 1.29 is 19.0 Å². The SMILES string of the molecule is CCCCCc1c(F)c2c(c(O)c1C(=O)NCC1CC1)[C@@H]1C=C(C)CC[C@H]1C(C)(C)O2. The van der Waals surface area contributed by atoms with E-state index in [0.29, 0.717) is 30.0 Å². The van der Waals surface area contributed by atoms with Gasteiger partial charge in [-0.1, -0.05) is 31.4 Å². The number of amides is 1. The standard InChI is InChI=1S/C26H36FNO3/c1-5-6-7-8-17-21(25(30)28-14-16-10-11-16)23(29)20-18-13-15(2)9-12-19(18)26(3,4)31-24(20)22(17)27/h13,16,18-19,29H,5-12,14H2,1-4H3,(H,28,30)/t18-,19-/m1/s1. The molecule has 0 aromatic heterocycles. The van der Waals surface area contributed by atoms with Gasteiger partial charge in [0.25, 0.3) is 5.91 Å². The molecule has 1 aromatic rings. The maximum Gasteiger partial charge on any atom is 0.255 e. The molecule has 3 aliphatic rings. The molecule has 4 rings (SSSR count). The molecule has 170 valence electrons. The molecule has 31 heavy (non-hydrogen) atoms. The molecule has 5 heteroatoms. The van der Waals surface area contributed by atoms with Crippen molar-refractivity contribution in [2.75, 3.05) is 6.54 Å². The number of ether oxygens (including phenoxy) is 1. The summed E-state index contributed by atoms with van der Waals surface area (Å²) in [5.41, 5.74) is 1.56. The highest BCUT2D eigenvalue weighted by molar-refractivity contribution is 5.99.